The molecule has 0 bridgehead atoms. The van der Waals surface area contributed by atoms with Crippen LogP contribution in [0.5, 0.6) is 0 Å². The summed E-state index contributed by atoms with van der Waals surface area (Å²) in [5, 5.41) is 1.20. The number of nitrogens with zero attached hydrogens (tertiary/aromatic N) is 2. The fourth-order valence-corrected chi connectivity index (χ4v) is 5.17. The number of carbonyl (C=O) groups excluding carboxylic acids is 2. The van der Waals surface area contributed by atoms with Gasteiger partial charge in [0, 0.05) is 43.2 Å². The molecule has 0 fully saturated rings. The average Bonchev–Trinajstić information content (AvgIpc) is 3.24. The Bertz CT molecular complexity index is 1160. The van der Waals surface area contributed by atoms with Crippen LogP contribution in [0.1, 0.15) is 70.6 Å². The number of fused-ring (bicyclic) bond motifs is 1. The third-order valence-electron chi connectivity index (χ3n) is 6.83. The van der Waals surface area contributed by atoms with E-state index in [2.05, 4.69) is 82.9 Å². The van der Waals surface area contributed by atoms with Crippen molar-refractivity contribution in [1.29, 1.82) is 0 Å². The van der Waals surface area contributed by atoms with E-state index in [0.29, 0.717) is 26.1 Å². The van der Waals surface area contributed by atoms with Crippen LogP contribution in [0.15, 0.2) is 54.7 Å². The molecule has 1 heterocycles. The monoisotopic (exact) mass is 503 g/mol. The van der Waals surface area contributed by atoms with Crippen LogP contribution < -0.4 is 0 Å². The summed E-state index contributed by atoms with van der Waals surface area (Å²) in [4.78, 5) is 33.9. The summed E-state index contributed by atoms with van der Waals surface area (Å²) in [5.41, 5.74) is 4.79. The quantitative estimate of drug-likeness (QED) is 0.297. The van der Waals surface area contributed by atoms with E-state index in [4.69, 9.17) is 0 Å². The standard InChI is InChI=1S/C32H45N3O2/c1-7-17-34(30(36)19-25(3)20-32(4,5)6)23-31(37)35(22-26-14-12-24(2)13-15-26)18-16-27-21-33-29-11-9-8-10-28(27)29/h8-15,21,25,33H,7,16-20,22-23H2,1-6H3. The zero-order chi connectivity index (χ0) is 27.0. The van der Waals surface area contributed by atoms with E-state index in [1.54, 1.807) is 4.90 Å². The number of H-pyrrole nitrogens is 1. The zero-order valence-electron chi connectivity index (χ0n) is 23.6. The summed E-state index contributed by atoms with van der Waals surface area (Å²) in [6.07, 6.45) is 5.10. The average molecular weight is 504 g/mol. The highest BCUT2D eigenvalue weighted by Gasteiger charge is 2.24. The van der Waals surface area contributed by atoms with Crippen LogP contribution in [-0.2, 0) is 22.6 Å². The lowest BCUT2D eigenvalue weighted by molar-refractivity contribution is -0.141. The van der Waals surface area contributed by atoms with Gasteiger partial charge in [-0.05, 0) is 54.7 Å². The number of amides is 2. The van der Waals surface area contributed by atoms with Crippen molar-refractivity contribution in [2.75, 3.05) is 19.6 Å². The fourth-order valence-electron chi connectivity index (χ4n) is 5.17. The van der Waals surface area contributed by atoms with Crippen molar-refractivity contribution in [1.82, 2.24) is 14.8 Å². The number of carbonyl (C=O) groups is 2. The molecule has 37 heavy (non-hydrogen) atoms. The molecule has 0 saturated heterocycles. The minimum atomic E-state index is 0.00527. The fraction of sp³-hybridized carbons (Fsp3) is 0.500. The van der Waals surface area contributed by atoms with Gasteiger partial charge in [0.15, 0.2) is 0 Å². The van der Waals surface area contributed by atoms with E-state index < -0.39 is 0 Å². The highest BCUT2D eigenvalue weighted by molar-refractivity contribution is 5.85. The second-order valence-corrected chi connectivity index (χ2v) is 11.8. The Labute approximate surface area is 223 Å². The molecule has 0 aliphatic rings. The number of rotatable bonds is 12. The molecule has 3 aromatic rings. The first-order chi connectivity index (χ1) is 17.6. The Morgan fingerprint density at radius 2 is 1.65 bits per heavy atom. The van der Waals surface area contributed by atoms with Crippen LogP contribution in [0, 0.1) is 18.3 Å². The Morgan fingerprint density at radius 3 is 2.32 bits per heavy atom. The van der Waals surface area contributed by atoms with Crippen molar-refractivity contribution in [3.63, 3.8) is 0 Å². The van der Waals surface area contributed by atoms with Gasteiger partial charge in [0.25, 0.3) is 0 Å². The van der Waals surface area contributed by atoms with Gasteiger partial charge >= 0.3 is 0 Å². The first kappa shape index (κ1) is 28.5. The summed E-state index contributed by atoms with van der Waals surface area (Å²) >= 11 is 0. The van der Waals surface area contributed by atoms with Crippen molar-refractivity contribution in [2.45, 2.75) is 73.8 Å². The number of para-hydroxylation sites is 1. The predicted octanol–water partition coefficient (Wildman–Crippen LogP) is 6.75. The lowest BCUT2D eigenvalue weighted by Gasteiger charge is -2.29. The molecular formula is C32H45N3O2. The molecule has 200 valence electrons. The smallest absolute Gasteiger partial charge is 0.242 e. The second kappa shape index (κ2) is 12.9. The largest absolute Gasteiger partial charge is 0.361 e. The number of hydrogen-bond donors (Lipinski definition) is 1. The number of aryl methyl sites for hydroxylation is 1. The van der Waals surface area contributed by atoms with E-state index >= 15 is 0 Å². The third kappa shape index (κ3) is 8.77. The summed E-state index contributed by atoms with van der Waals surface area (Å²) in [7, 11) is 0. The van der Waals surface area contributed by atoms with Crippen LogP contribution in [-0.4, -0.2) is 46.2 Å². The lowest BCUT2D eigenvalue weighted by Crippen LogP contribution is -2.44. The SMILES string of the molecule is CCCN(CC(=O)N(CCc1c[nH]c2ccccc12)Cc1ccc(C)cc1)C(=O)CC(C)CC(C)(C)C. The summed E-state index contributed by atoms with van der Waals surface area (Å²) in [5.74, 6) is 0.372. The van der Waals surface area contributed by atoms with Gasteiger partial charge in [-0.2, -0.15) is 0 Å². The minimum absolute atomic E-state index is 0.00527. The van der Waals surface area contributed by atoms with Crippen molar-refractivity contribution in [3.05, 3.63) is 71.4 Å². The Morgan fingerprint density at radius 1 is 0.946 bits per heavy atom. The minimum Gasteiger partial charge on any atom is -0.361 e. The first-order valence-electron chi connectivity index (χ1n) is 13.7. The first-order valence-corrected chi connectivity index (χ1v) is 13.7. The molecular weight excluding hydrogens is 458 g/mol. The Hall–Kier alpha value is -3.08. The van der Waals surface area contributed by atoms with Crippen molar-refractivity contribution < 1.29 is 9.59 Å². The van der Waals surface area contributed by atoms with Crippen LogP contribution in [0.25, 0.3) is 10.9 Å². The molecule has 1 aromatic heterocycles. The molecule has 0 saturated carbocycles. The van der Waals surface area contributed by atoms with Crippen molar-refractivity contribution in [3.8, 4) is 0 Å². The van der Waals surface area contributed by atoms with E-state index in [-0.39, 0.29) is 29.7 Å². The molecule has 2 amide bonds. The molecule has 5 heteroatoms. The van der Waals surface area contributed by atoms with Gasteiger partial charge in [-0.3, -0.25) is 9.59 Å². The Balaban J connectivity index is 1.73. The summed E-state index contributed by atoms with van der Waals surface area (Å²) in [6.45, 7) is 14.8. The van der Waals surface area contributed by atoms with Crippen LogP contribution >= 0.6 is 0 Å². The molecule has 0 radical (unpaired) electrons. The van der Waals surface area contributed by atoms with Crippen LogP contribution in [0.4, 0.5) is 0 Å². The van der Waals surface area contributed by atoms with Gasteiger partial charge < -0.3 is 14.8 Å². The highest BCUT2D eigenvalue weighted by atomic mass is 16.2. The zero-order valence-corrected chi connectivity index (χ0v) is 23.6. The van der Waals surface area contributed by atoms with Gasteiger partial charge in [0.1, 0.15) is 0 Å². The van der Waals surface area contributed by atoms with Crippen LogP contribution in [0.3, 0.4) is 0 Å². The van der Waals surface area contributed by atoms with Gasteiger partial charge in [0.2, 0.25) is 11.8 Å². The van der Waals surface area contributed by atoms with Gasteiger partial charge in [-0.15, -0.1) is 0 Å². The van der Waals surface area contributed by atoms with Gasteiger partial charge in [-0.1, -0.05) is 82.6 Å². The molecule has 0 spiro atoms. The number of benzene rings is 2. The maximum atomic E-state index is 13.7. The topological polar surface area (TPSA) is 56.4 Å². The van der Waals surface area contributed by atoms with Crippen LogP contribution in [0.2, 0.25) is 0 Å². The second-order valence-electron chi connectivity index (χ2n) is 11.8. The van der Waals surface area contributed by atoms with E-state index in [1.165, 1.54) is 16.5 Å². The molecule has 1 N–H and O–H groups in total. The van der Waals surface area contributed by atoms with Gasteiger partial charge in [0.05, 0.1) is 6.54 Å². The number of aromatic amines is 1. The molecule has 0 aliphatic carbocycles. The lowest BCUT2D eigenvalue weighted by atomic mass is 9.84. The van der Waals surface area contributed by atoms with E-state index in [9.17, 15) is 9.59 Å². The number of nitrogens with one attached hydrogen (secondary N) is 1. The predicted molar refractivity (Wildman–Crippen MR) is 153 cm³/mol. The van der Waals surface area contributed by atoms with E-state index in [0.717, 1.165) is 30.3 Å². The highest BCUT2D eigenvalue weighted by Crippen LogP contribution is 2.26. The molecule has 0 aliphatic heterocycles. The summed E-state index contributed by atoms with van der Waals surface area (Å²) in [6, 6.07) is 16.6. The van der Waals surface area contributed by atoms with Crippen molar-refractivity contribution in [2.24, 2.45) is 11.3 Å². The molecule has 1 atom stereocenters. The maximum absolute atomic E-state index is 13.7. The molecule has 3 rings (SSSR count). The Kier molecular flexibility index (Phi) is 9.96. The van der Waals surface area contributed by atoms with Gasteiger partial charge in [-0.25, -0.2) is 0 Å². The molecule has 1 unspecified atom stereocenters. The van der Waals surface area contributed by atoms with Crippen molar-refractivity contribution >= 4 is 22.7 Å². The number of aromatic nitrogens is 1. The normalized spacial score (nSPS) is 12.5. The third-order valence-corrected chi connectivity index (χ3v) is 6.83. The maximum Gasteiger partial charge on any atom is 0.242 e. The number of hydrogen-bond acceptors (Lipinski definition) is 2. The molecule has 5 nitrogen and oxygen atoms in total. The van der Waals surface area contributed by atoms with E-state index in [1.807, 2.05) is 23.2 Å². The molecule has 2 aromatic carbocycles. The summed E-state index contributed by atoms with van der Waals surface area (Å²) < 4.78 is 0.